The first-order chi connectivity index (χ1) is 18.4. The first kappa shape index (κ1) is 27.9. The van der Waals surface area contributed by atoms with Gasteiger partial charge in [0.25, 0.3) is 11.8 Å². The second-order valence-electron chi connectivity index (χ2n) is 8.92. The molecule has 0 radical (unpaired) electrons. The highest BCUT2D eigenvalue weighted by molar-refractivity contribution is 5.96. The van der Waals surface area contributed by atoms with Gasteiger partial charge < -0.3 is 15.1 Å². The maximum Gasteiger partial charge on any atom is 0.417 e. The standard InChI is InChI=1S/C27H24F6N4O2/c28-26(29,30)19-7-5-18(6-8-19)11-12-34-24(38)23-10-9-20(17-35-23)36-13-15-37(16-14-36)25(39)21-3-1-2-4-22(21)27(31,32)33/h1-10,17H,11-16H2,(H,34,38). The third-order valence-corrected chi connectivity index (χ3v) is 6.36. The van der Waals surface area contributed by atoms with Gasteiger partial charge in [0, 0.05) is 32.7 Å². The van der Waals surface area contributed by atoms with E-state index in [1.165, 1.54) is 47.5 Å². The molecule has 0 unspecified atom stereocenters. The van der Waals surface area contributed by atoms with E-state index in [-0.39, 0.29) is 30.9 Å². The van der Waals surface area contributed by atoms with Crippen LogP contribution in [-0.2, 0) is 18.8 Å². The SMILES string of the molecule is O=C(NCCc1ccc(C(F)(F)F)cc1)c1ccc(N2CCN(C(=O)c3ccccc3C(F)(F)F)CC2)cn1. The van der Waals surface area contributed by atoms with Crippen LogP contribution in [-0.4, -0.2) is 54.4 Å². The Balaban J connectivity index is 1.27. The van der Waals surface area contributed by atoms with E-state index in [4.69, 9.17) is 0 Å². The minimum atomic E-state index is -4.63. The van der Waals surface area contributed by atoms with Crippen LogP contribution in [0.3, 0.4) is 0 Å². The molecule has 0 aliphatic carbocycles. The van der Waals surface area contributed by atoms with Crippen LogP contribution < -0.4 is 10.2 Å². The number of aromatic nitrogens is 1. The van der Waals surface area contributed by atoms with Crippen LogP contribution in [0.1, 0.15) is 37.5 Å². The lowest BCUT2D eigenvalue weighted by molar-refractivity contribution is -0.138. The molecule has 1 aliphatic rings. The Morgan fingerprint density at radius 1 is 0.821 bits per heavy atom. The normalized spacial score (nSPS) is 14.3. The molecule has 2 aromatic carbocycles. The van der Waals surface area contributed by atoms with E-state index in [9.17, 15) is 35.9 Å². The molecule has 0 bridgehead atoms. The average Bonchev–Trinajstić information content (AvgIpc) is 2.92. The number of alkyl halides is 6. The molecule has 1 saturated heterocycles. The Labute approximate surface area is 220 Å². The van der Waals surface area contributed by atoms with Crippen LogP contribution in [0.5, 0.6) is 0 Å². The van der Waals surface area contributed by atoms with Gasteiger partial charge in [0.05, 0.1) is 28.6 Å². The monoisotopic (exact) mass is 550 g/mol. The summed E-state index contributed by atoms with van der Waals surface area (Å²) >= 11 is 0. The molecule has 1 aromatic heterocycles. The minimum absolute atomic E-state index is 0.156. The van der Waals surface area contributed by atoms with Gasteiger partial charge in [-0.25, -0.2) is 4.98 Å². The van der Waals surface area contributed by atoms with Crippen molar-refractivity contribution in [2.75, 3.05) is 37.6 Å². The van der Waals surface area contributed by atoms with Gasteiger partial charge in [-0.3, -0.25) is 9.59 Å². The highest BCUT2D eigenvalue weighted by atomic mass is 19.4. The molecule has 0 saturated carbocycles. The number of carbonyl (C=O) groups is 2. The molecular formula is C27H24F6N4O2. The lowest BCUT2D eigenvalue weighted by Gasteiger charge is -2.36. The second-order valence-corrected chi connectivity index (χ2v) is 8.92. The molecule has 6 nitrogen and oxygen atoms in total. The zero-order chi connectivity index (χ0) is 28.2. The van der Waals surface area contributed by atoms with Gasteiger partial charge in [0.1, 0.15) is 5.69 Å². The van der Waals surface area contributed by atoms with Crippen LogP contribution >= 0.6 is 0 Å². The molecule has 0 atom stereocenters. The largest absolute Gasteiger partial charge is 0.417 e. The number of benzene rings is 2. The predicted octanol–water partition coefficient (Wildman–Crippen LogP) is 5.05. The third-order valence-electron chi connectivity index (χ3n) is 6.36. The smallest absolute Gasteiger partial charge is 0.367 e. The summed E-state index contributed by atoms with van der Waals surface area (Å²) < 4.78 is 77.9. The second kappa shape index (κ2) is 11.3. The fraction of sp³-hybridized carbons (Fsp3) is 0.296. The lowest BCUT2D eigenvalue weighted by Crippen LogP contribution is -2.49. The Morgan fingerprint density at radius 2 is 1.49 bits per heavy atom. The van der Waals surface area contributed by atoms with Crippen molar-refractivity contribution in [3.63, 3.8) is 0 Å². The number of pyridine rings is 1. The van der Waals surface area contributed by atoms with Gasteiger partial charge in [0.15, 0.2) is 0 Å². The van der Waals surface area contributed by atoms with Gasteiger partial charge >= 0.3 is 12.4 Å². The summed E-state index contributed by atoms with van der Waals surface area (Å²) in [6.45, 7) is 1.40. The van der Waals surface area contributed by atoms with Crippen molar-refractivity contribution in [2.45, 2.75) is 18.8 Å². The molecule has 12 heteroatoms. The number of nitrogens with one attached hydrogen (secondary N) is 1. The molecule has 4 rings (SSSR count). The molecule has 3 aromatic rings. The van der Waals surface area contributed by atoms with Crippen molar-refractivity contribution in [2.24, 2.45) is 0 Å². The van der Waals surface area contributed by atoms with E-state index in [1.807, 2.05) is 4.90 Å². The molecule has 39 heavy (non-hydrogen) atoms. The highest BCUT2D eigenvalue weighted by Gasteiger charge is 2.36. The maximum absolute atomic E-state index is 13.3. The van der Waals surface area contributed by atoms with E-state index in [0.29, 0.717) is 30.8 Å². The summed E-state index contributed by atoms with van der Waals surface area (Å²) in [7, 11) is 0. The van der Waals surface area contributed by atoms with Crippen LogP contribution in [0.2, 0.25) is 0 Å². The fourth-order valence-corrected chi connectivity index (χ4v) is 4.23. The molecule has 0 spiro atoms. The molecule has 206 valence electrons. The van der Waals surface area contributed by atoms with Crippen LogP contribution in [0.4, 0.5) is 32.0 Å². The summed E-state index contributed by atoms with van der Waals surface area (Å²) in [5.74, 6) is -1.11. The fourth-order valence-electron chi connectivity index (χ4n) is 4.23. The van der Waals surface area contributed by atoms with Crippen molar-refractivity contribution in [3.8, 4) is 0 Å². The van der Waals surface area contributed by atoms with Crippen LogP contribution in [0.25, 0.3) is 0 Å². The number of nitrogens with zero attached hydrogens (tertiary/aromatic N) is 3. The molecule has 2 heterocycles. The quantitative estimate of drug-likeness (QED) is 0.437. The van der Waals surface area contributed by atoms with Crippen molar-refractivity contribution in [1.29, 1.82) is 0 Å². The first-order valence-corrected chi connectivity index (χ1v) is 12.0. The summed E-state index contributed by atoms with van der Waals surface area (Å²) in [6, 6.07) is 12.6. The number of piperazine rings is 1. The maximum atomic E-state index is 13.3. The molecule has 1 aliphatic heterocycles. The number of anilines is 1. The number of halogens is 6. The van der Waals surface area contributed by atoms with Crippen molar-refractivity contribution in [3.05, 3.63) is 94.8 Å². The number of rotatable bonds is 6. The van der Waals surface area contributed by atoms with E-state index in [2.05, 4.69) is 10.3 Å². The van der Waals surface area contributed by atoms with Gasteiger partial charge in [-0.15, -0.1) is 0 Å². The minimum Gasteiger partial charge on any atom is -0.367 e. The van der Waals surface area contributed by atoms with Crippen LogP contribution in [0, 0.1) is 0 Å². The first-order valence-electron chi connectivity index (χ1n) is 12.0. The highest BCUT2D eigenvalue weighted by Crippen LogP contribution is 2.33. The third kappa shape index (κ3) is 6.87. The summed E-state index contributed by atoms with van der Waals surface area (Å²) in [6.07, 6.45) is -7.19. The zero-order valence-electron chi connectivity index (χ0n) is 20.5. The summed E-state index contributed by atoms with van der Waals surface area (Å²) in [5.41, 5.74) is -0.586. The van der Waals surface area contributed by atoms with Gasteiger partial charge in [0.2, 0.25) is 0 Å². The van der Waals surface area contributed by atoms with E-state index < -0.39 is 35.3 Å². The van der Waals surface area contributed by atoms with E-state index in [1.54, 1.807) is 6.07 Å². The molecule has 1 fully saturated rings. The topological polar surface area (TPSA) is 65.5 Å². The average molecular weight is 551 g/mol. The van der Waals surface area contributed by atoms with Gasteiger partial charge in [-0.05, 0) is 48.4 Å². The molecule has 1 N–H and O–H groups in total. The number of hydrogen-bond donors (Lipinski definition) is 1. The van der Waals surface area contributed by atoms with Crippen LogP contribution in [0.15, 0.2) is 66.9 Å². The summed E-state index contributed by atoms with van der Waals surface area (Å²) in [5, 5.41) is 2.68. The zero-order valence-corrected chi connectivity index (χ0v) is 20.5. The predicted molar refractivity (Wildman–Crippen MR) is 131 cm³/mol. The number of hydrogen-bond acceptors (Lipinski definition) is 4. The summed E-state index contributed by atoms with van der Waals surface area (Å²) in [4.78, 5) is 32.6. The van der Waals surface area contributed by atoms with Gasteiger partial charge in [-0.2, -0.15) is 26.3 Å². The number of amides is 2. The van der Waals surface area contributed by atoms with Crippen molar-refractivity contribution < 1.29 is 35.9 Å². The van der Waals surface area contributed by atoms with Crippen molar-refractivity contribution >= 4 is 17.5 Å². The van der Waals surface area contributed by atoms with Gasteiger partial charge in [-0.1, -0.05) is 24.3 Å². The van der Waals surface area contributed by atoms with E-state index in [0.717, 1.165) is 18.2 Å². The number of carbonyl (C=O) groups excluding carboxylic acids is 2. The Kier molecular flexibility index (Phi) is 8.12. The molecular weight excluding hydrogens is 526 g/mol. The Morgan fingerprint density at radius 3 is 2.08 bits per heavy atom. The van der Waals surface area contributed by atoms with E-state index >= 15 is 0 Å². The Bertz CT molecular complexity index is 1300. The van der Waals surface area contributed by atoms with Crippen molar-refractivity contribution in [1.82, 2.24) is 15.2 Å². The lowest BCUT2D eigenvalue weighted by atomic mass is 10.1. The Hall–Kier alpha value is -4.09. The molecule has 2 amide bonds.